The van der Waals surface area contributed by atoms with E-state index in [1.54, 1.807) is 43.3 Å². The van der Waals surface area contributed by atoms with Gasteiger partial charge in [0.05, 0.1) is 17.3 Å². The van der Waals surface area contributed by atoms with Crippen molar-refractivity contribution in [2.75, 3.05) is 5.32 Å². The molecule has 5 rings (SSSR count). The van der Waals surface area contributed by atoms with Crippen LogP contribution in [-0.4, -0.2) is 26.9 Å². The Labute approximate surface area is 217 Å². The van der Waals surface area contributed by atoms with Gasteiger partial charge in [0.2, 0.25) is 0 Å². The topological polar surface area (TPSA) is 93.5 Å². The minimum atomic E-state index is -1.10. The first-order valence-electron chi connectivity index (χ1n) is 11.7. The number of rotatable bonds is 7. The van der Waals surface area contributed by atoms with Crippen LogP contribution in [-0.2, 0) is 14.9 Å². The number of amides is 1. The second kappa shape index (κ2) is 9.71. The molecule has 188 valence electrons. The lowest BCUT2D eigenvalue weighted by Gasteiger charge is -2.15. The molecule has 1 amide bonds. The number of aromatic nitrogens is 2. The van der Waals surface area contributed by atoms with E-state index in [4.69, 9.17) is 16.3 Å². The first-order chi connectivity index (χ1) is 17.8. The third kappa shape index (κ3) is 4.80. The maximum atomic E-state index is 14.8. The van der Waals surface area contributed by atoms with Crippen LogP contribution in [0.2, 0.25) is 5.02 Å². The molecule has 0 spiro atoms. The number of hydrogen-bond donors (Lipinski definition) is 2. The smallest absolute Gasteiger partial charge is 0.413 e. The van der Waals surface area contributed by atoms with Crippen molar-refractivity contribution in [2.24, 2.45) is 0 Å². The van der Waals surface area contributed by atoms with Crippen molar-refractivity contribution in [3.63, 3.8) is 0 Å². The number of carbonyl (C=O) groups is 2. The number of anilines is 1. The predicted molar refractivity (Wildman–Crippen MR) is 137 cm³/mol. The number of nitrogens with one attached hydrogen (secondary N) is 1. The summed E-state index contributed by atoms with van der Waals surface area (Å²) in [7, 11) is 0. The van der Waals surface area contributed by atoms with Crippen molar-refractivity contribution in [1.29, 1.82) is 0 Å². The van der Waals surface area contributed by atoms with E-state index < -0.39 is 29.4 Å². The molecule has 4 aromatic rings. The van der Waals surface area contributed by atoms with E-state index in [-0.39, 0.29) is 16.4 Å². The summed E-state index contributed by atoms with van der Waals surface area (Å²) < 4.78 is 21.7. The number of aliphatic carboxylic acids is 1. The molecular weight excluding hydrogens is 497 g/mol. The summed E-state index contributed by atoms with van der Waals surface area (Å²) >= 11 is 6.28. The lowest BCUT2D eigenvalue weighted by atomic mass is 9.93. The monoisotopic (exact) mass is 519 g/mol. The summed E-state index contributed by atoms with van der Waals surface area (Å²) in [6, 6.07) is 21.1. The molecule has 1 atom stereocenters. The van der Waals surface area contributed by atoms with Crippen LogP contribution in [0, 0.1) is 5.82 Å². The summed E-state index contributed by atoms with van der Waals surface area (Å²) in [6.45, 7) is 1.77. The van der Waals surface area contributed by atoms with E-state index in [1.165, 1.54) is 16.9 Å². The van der Waals surface area contributed by atoms with Crippen molar-refractivity contribution >= 4 is 29.5 Å². The fourth-order valence-electron chi connectivity index (χ4n) is 4.32. The molecule has 1 saturated carbocycles. The predicted octanol–water partition coefficient (Wildman–Crippen LogP) is 6.76. The maximum absolute atomic E-state index is 14.8. The lowest BCUT2D eigenvalue weighted by Crippen LogP contribution is -2.20. The molecule has 1 aromatic heterocycles. The van der Waals surface area contributed by atoms with E-state index in [0.29, 0.717) is 24.1 Å². The van der Waals surface area contributed by atoms with Crippen molar-refractivity contribution in [1.82, 2.24) is 9.78 Å². The fourth-order valence-corrected chi connectivity index (χ4v) is 4.49. The van der Waals surface area contributed by atoms with Gasteiger partial charge >= 0.3 is 12.1 Å². The standard InChI is InChI=1S/C28H23ClFN3O4/c1-17(18-5-3-2-4-6-18)37-27(36)32-25-23(29)16-31-33(25)21-10-7-19(8-11-21)20-9-12-22(24(30)15-20)28(13-14-28)26(34)35/h2-12,15-17H,13-14H2,1H3,(H,32,36)(H,34,35)/t17-/m1/s1. The third-order valence-corrected chi connectivity index (χ3v) is 6.86. The first-order valence-corrected chi connectivity index (χ1v) is 12.1. The van der Waals surface area contributed by atoms with Gasteiger partial charge in [0, 0.05) is 5.56 Å². The lowest BCUT2D eigenvalue weighted by molar-refractivity contribution is -0.140. The quantitative estimate of drug-likeness (QED) is 0.281. The van der Waals surface area contributed by atoms with Gasteiger partial charge in [-0.2, -0.15) is 5.10 Å². The van der Waals surface area contributed by atoms with Crippen LogP contribution >= 0.6 is 11.6 Å². The molecule has 1 aliphatic carbocycles. The molecule has 1 fully saturated rings. The fraction of sp³-hybridized carbons (Fsp3) is 0.179. The first kappa shape index (κ1) is 24.5. The molecule has 0 unspecified atom stereocenters. The maximum Gasteiger partial charge on any atom is 0.413 e. The van der Waals surface area contributed by atoms with Crippen LogP contribution in [0.15, 0.2) is 79.0 Å². The Balaban J connectivity index is 1.33. The Morgan fingerprint density at radius 2 is 1.76 bits per heavy atom. The number of hydrogen-bond acceptors (Lipinski definition) is 4. The van der Waals surface area contributed by atoms with Crippen LogP contribution in [0.3, 0.4) is 0 Å². The van der Waals surface area contributed by atoms with Crippen LogP contribution in [0.1, 0.15) is 37.0 Å². The van der Waals surface area contributed by atoms with Crippen molar-refractivity contribution in [3.8, 4) is 16.8 Å². The highest BCUT2D eigenvalue weighted by atomic mass is 35.5. The molecule has 0 saturated heterocycles. The summed E-state index contributed by atoms with van der Waals surface area (Å²) in [5, 5.41) is 16.6. The summed E-state index contributed by atoms with van der Waals surface area (Å²) in [4.78, 5) is 24.1. The molecule has 7 nitrogen and oxygen atoms in total. The normalized spacial score (nSPS) is 14.6. The average molecular weight is 520 g/mol. The van der Waals surface area contributed by atoms with Crippen LogP contribution in [0.25, 0.3) is 16.8 Å². The molecule has 2 N–H and O–H groups in total. The molecule has 0 radical (unpaired) electrons. The zero-order valence-electron chi connectivity index (χ0n) is 19.8. The van der Waals surface area contributed by atoms with E-state index in [0.717, 1.165) is 11.1 Å². The van der Waals surface area contributed by atoms with Gasteiger partial charge < -0.3 is 9.84 Å². The zero-order valence-corrected chi connectivity index (χ0v) is 20.6. The molecule has 0 aliphatic heterocycles. The Bertz CT molecular complexity index is 1470. The van der Waals surface area contributed by atoms with Crippen LogP contribution in [0.4, 0.5) is 15.0 Å². The minimum Gasteiger partial charge on any atom is -0.481 e. The van der Waals surface area contributed by atoms with E-state index >= 15 is 0 Å². The third-order valence-electron chi connectivity index (χ3n) is 6.59. The van der Waals surface area contributed by atoms with Gasteiger partial charge in [-0.15, -0.1) is 0 Å². The summed E-state index contributed by atoms with van der Waals surface area (Å²) in [5.74, 6) is -1.28. The highest BCUT2D eigenvalue weighted by Gasteiger charge is 2.53. The average Bonchev–Trinajstić information content (AvgIpc) is 3.63. The molecule has 37 heavy (non-hydrogen) atoms. The minimum absolute atomic E-state index is 0.218. The summed E-state index contributed by atoms with van der Waals surface area (Å²) in [6.07, 6.45) is 1.15. The van der Waals surface area contributed by atoms with Gasteiger partial charge in [0.15, 0.2) is 5.82 Å². The zero-order chi connectivity index (χ0) is 26.2. The Morgan fingerprint density at radius 3 is 2.38 bits per heavy atom. The largest absolute Gasteiger partial charge is 0.481 e. The number of nitrogens with zero attached hydrogens (tertiary/aromatic N) is 2. The van der Waals surface area contributed by atoms with E-state index in [2.05, 4.69) is 10.4 Å². The van der Waals surface area contributed by atoms with Gasteiger partial charge in [-0.3, -0.25) is 10.1 Å². The Kier molecular flexibility index (Phi) is 6.43. The van der Waals surface area contributed by atoms with E-state index in [1.807, 2.05) is 30.3 Å². The molecular formula is C28H23ClFN3O4. The Hall–Kier alpha value is -4.17. The summed E-state index contributed by atoms with van der Waals surface area (Å²) in [5.41, 5.74) is 1.93. The second-order valence-corrected chi connectivity index (χ2v) is 9.37. The SMILES string of the molecule is C[C@@H](OC(=O)Nc1c(Cl)cnn1-c1ccc(-c2ccc(C3(C(=O)O)CC3)c(F)c2)cc1)c1ccccc1. The van der Waals surface area contributed by atoms with Crippen molar-refractivity contribution in [2.45, 2.75) is 31.3 Å². The molecule has 3 aromatic carbocycles. The number of ether oxygens (including phenoxy) is 1. The van der Waals surface area contributed by atoms with Crippen molar-refractivity contribution < 1.29 is 23.8 Å². The number of halogens is 2. The van der Waals surface area contributed by atoms with Gasteiger partial charge in [0.1, 0.15) is 16.9 Å². The van der Waals surface area contributed by atoms with Crippen LogP contribution < -0.4 is 5.32 Å². The van der Waals surface area contributed by atoms with Gasteiger partial charge in [-0.25, -0.2) is 13.9 Å². The molecule has 1 aliphatic rings. The number of carboxylic acid groups (broad SMARTS) is 1. The second-order valence-electron chi connectivity index (χ2n) is 8.96. The van der Waals surface area contributed by atoms with Crippen LogP contribution in [0.5, 0.6) is 0 Å². The molecule has 1 heterocycles. The Morgan fingerprint density at radius 1 is 1.08 bits per heavy atom. The van der Waals surface area contributed by atoms with Crippen molar-refractivity contribution in [3.05, 3.63) is 101 Å². The molecule has 9 heteroatoms. The van der Waals surface area contributed by atoms with Gasteiger partial charge in [-0.1, -0.05) is 66.2 Å². The number of carbonyl (C=O) groups excluding carboxylic acids is 1. The van der Waals surface area contributed by atoms with Gasteiger partial charge in [0.25, 0.3) is 0 Å². The number of carboxylic acids is 1. The number of benzene rings is 3. The molecule has 0 bridgehead atoms. The highest BCUT2D eigenvalue weighted by molar-refractivity contribution is 6.33. The van der Waals surface area contributed by atoms with Gasteiger partial charge in [-0.05, 0) is 54.7 Å². The highest BCUT2D eigenvalue weighted by Crippen LogP contribution is 2.49. The van der Waals surface area contributed by atoms with E-state index in [9.17, 15) is 19.1 Å².